The molecule has 1 aromatic heterocycles. The number of nitrogens with two attached hydrogens (primary N) is 1. The van der Waals surface area contributed by atoms with E-state index in [1.807, 2.05) is 0 Å². The molecular weight excluding hydrogens is 239 g/mol. The summed E-state index contributed by atoms with van der Waals surface area (Å²) in [5.74, 6) is 0. The van der Waals surface area contributed by atoms with Crippen LogP contribution in [0.4, 0.5) is 5.69 Å². The first-order valence-corrected chi connectivity index (χ1v) is 2.95. The van der Waals surface area contributed by atoms with Crippen LogP contribution in [-0.4, -0.2) is 4.98 Å². The number of nitrogens with zero attached hydrogens (tertiary/aromatic N) is 1. The van der Waals surface area contributed by atoms with Crippen LogP contribution in [0.1, 0.15) is 0 Å². The molecule has 0 unspecified atom stereocenters. The molecular formula is C5H7BrCl2N2. The number of pyridine rings is 1. The van der Waals surface area contributed by atoms with E-state index in [9.17, 15) is 0 Å². The quantitative estimate of drug-likeness (QED) is 0.762. The van der Waals surface area contributed by atoms with E-state index < -0.39 is 0 Å². The summed E-state index contributed by atoms with van der Waals surface area (Å²) >= 11 is 3.23. The Morgan fingerprint density at radius 2 is 2.00 bits per heavy atom. The molecule has 0 saturated heterocycles. The lowest BCUT2D eigenvalue weighted by molar-refractivity contribution is 1.32. The van der Waals surface area contributed by atoms with Crippen LogP contribution in [0.2, 0.25) is 0 Å². The van der Waals surface area contributed by atoms with Crippen molar-refractivity contribution in [2.24, 2.45) is 0 Å². The largest absolute Gasteiger partial charge is 0.397 e. The van der Waals surface area contributed by atoms with E-state index in [0.717, 1.165) is 4.47 Å². The molecule has 1 heterocycles. The number of rotatable bonds is 0. The van der Waals surface area contributed by atoms with Gasteiger partial charge in [0, 0.05) is 10.7 Å². The third-order valence-electron chi connectivity index (χ3n) is 0.796. The Balaban J connectivity index is 0. The zero-order valence-electron chi connectivity index (χ0n) is 4.95. The fourth-order valence-corrected chi connectivity index (χ4v) is 0.610. The molecule has 2 nitrogen and oxygen atoms in total. The maximum Gasteiger partial charge on any atom is 0.0644 e. The number of halogens is 3. The summed E-state index contributed by atoms with van der Waals surface area (Å²) in [4.78, 5) is 3.79. The van der Waals surface area contributed by atoms with Crippen molar-refractivity contribution in [3.63, 3.8) is 0 Å². The van der Waals surface area contributed by atoms with Crippen LogP contribution in [0.3, 0.4) is 0 Å². The van der Waals surface area contributed by atoms with Crippen molar-refractivity contribution in [3.8, 4) is 0 Å². The average molecular weight is 246 g/mol. The van der Waals surface area contributed by atoms with Crippen molar-refractivity contribution >= 4 is 46.4 Å². The Bertz CT molecular complexity index is 174. The molecule has 10 heavy (non-hydrogen) atoms. The molecule has 0 radical (unpaired) electrons. The van der Waals surface area contributed by atoms with Gasteiger partial charge in [-0.2, -0.15) is 0 Å². The van der Waals surface area contributed by atoms with Gasteiger partial charge in [0.05, 0.1) is 11.9 Å². The second kappa shape index (κ2) is 5.77. The van der Waals surface area contributed by atoms with Crippen molar-refractivity contribution < 1.29 is 0 Å². The number of hydrogen-bond acceptors (Lipinski definition) is 2. The van der Waals surface area contributed by atoms with Gasteiger partial charge in [-0.15, -0.1) is 24.8 Å². The summed E-state index contributed by atoms with van der Waals surface area (Å²) in [6.07, 6.45) is 3.28. The minimum atomic E-state index is 0. The van der Waals surface area contributed by atoms with Crippen LogP contribution in [0, 0.1) is 0 Å². The third-order valence-corrected chi connectivity index (χ3v) is 1.52. The standard InChI is InChI=1S/C5H5BrN2.2ClH/c6-4-1-2-8-3-5(4)7;;/h1-3H,7H2;2*1H. The number of hydrogen-bond donors (Lipinski definition) is 1. The molecule has 0 aliphatic carbocycles. The number of aromatic nitrogens is 1. The lowest BCUT2D eigenvalue weighted by Gasteiger charge is -1.91. The summed E-state index contributed by atoms with van der Waals surface area (Å²) in [6, 6.07) is 1.80. The van der Waals surface area contributed by atoms with Gasteiger partial charge in [0.15, 0.2) is 0 Å². The van der Waals surface area contributed by atoms with Gasteiger partial charge in [-0.25, -0.2) is 0 Å². The van der Waals surface area contributed by atoms with Crippen molar-refractivity contribution in [2.75, 3.05) is 5.73 Å². The monoisotopic (exact) mass is 244 g/mol. The molecule has 0 aromatic carbocycles. The molecule has 1 aromatic rings. The van der Waals surface area contributed by atoms with Crippen molar-refractivity contribution in [3.05, 3.63) is 22.9 Å². The van der Waals surface area contributed by atoms with Crippen molar-refractivity contribution in [1.82, 2.24) is 4.98 Å². The van der Waals surface area contributed by atoms with Crippen LogP contribution in [-0.2, 0) is 0 Å². The Morgan fingerprint density at radius 1 is 1.40 bits per heavy atom. The van der Waals surface area contributed by atoms with E-state index in [1.165, 1.54) is 0 Å². The Morgan fingerprint density at radius 3 is 2.30 bits per heavy atom. The van der Waals surface area contributed by atoms with E-state index in [1.54, 1.807) is 18.5 Å². The third kappa shape index (κ3) is 3.25. The summed E-state index contributed by atoms with van der Waals surface area (Å²) in [5, 5.41) is 0. The molecule has 0 amide bonds. The predicted octanol–water partition coefficient (Wildman–Crippen LogP) is 2.27. The highest BCUT2D eigenvalue weighted by Crippen LogP contribution is 2.14. The Kier molecular flexibility index (Phi) is 7.31. The molecule has 0 fully saturated rings. The summed E-state index contributed by atoms with van der Waals surface area (Å²) in [6.45, 7) is 0. The molecule has 0 aliphatic heterocycles. The second-order valence-corrected chi connectivity index (χ2v) is 2.25. The number of nitrogen functional groups attached to an aromatic ring is 1. The van der Waals surface area contributed by atoms with Crippen molar-refractivity contribution in [2.45, 2.75) is 0 Å². The lowest BCUT2D eigenvalue weighted by atomic mass is 10.4. The van der Waals surface area contributed by atoms with E-state index in [-0.39, 0.29) is 24.8 Å². The van der Waals surface area contributed by atoms with E-state index in [0.29, 0.717) is 5.69 Å². The molecule has 0 atom stereocenters. The highest BCUT2D eigenvalue weighted by atomic mass is 79.9. The Hall–Kier alpha value is 0.01000. The van der Waals surface area contributed by atoms with Gasteiger partial charge in [0.1, 0.15) is 0 Å². The minimum Gasteiger partial charge on any atom is -0.397 e. The molecule has 0 spiro atoms. The molecule has 0 bridgehead atoms. The Labute approximate surface area is 80.2 Å². The summed E-state index contributed by atoms with van der Waals surface area (Å²) in [5.41, 5.74) is 6.08. The topological polar surface area (TPSA) is 38.9 Å². The van der Waals surface area contributed by atoms with Crippen LogP contribution in [0.5, 0.6) is 0 Å². The summed E-state index contributed by atoms with van der Waals surface area (Å²) < 4.78 is 0.896. The number of anilines is 1. The second-order valence-electron chi connectivity index (χ2n) is 1.40. The van der Waals surface area contributed by atoms with Crippen LogP contribution in [0.15, 0.2) is 22.9 Å². The lowest BCUT2D eigenvalue weighted by Crippen LogP contribution is -1.85. The van der Waals surface area contributed by atoms with Gasteiger partial charge in [0.2, 0.25) is 0 Å². The summed E-state index contributed by atoms with van der Waals surface area (Å²) in [7, 11) is 0. The molecule has 58 valence electrons. The smallest absolute Gasteiger partial charge is 0.0644 e. The molecule has 1 rings (SSSR count). The molecule has 5 heteroatoms. The molecule has 2 N–H and O–H groups in total. The van der Waals surface area contributed by atoms with Gasteiger partial charge in [-0.3, -0.25) is 4.98 Å². The SMILES string of the molecule is Cl.Cl.Nc1cnccc1Br. The minimum absolute atomic E-state index is 0. The van der Waals surface area contributed by atoms with Crippen LogP contribution >= 0.6 is 40.7 Å². The van der Waals surface area contributed by atoms with Gasteiger partial charge in [0.25, 0.3) is 0 Å². The van der Waals surface area contributed by atoms with E-state index in [2.05, 4.69) is 20.9 Å². The fourth-order valence-electron chi connectivity index (χ4n) is 0.390. The van der Waals surface area contributed by atoms with Crippen molar-refractivity contribution in [1.29, 1.82) is 0 Å². The van der Waals surface area contributed by atoms with Gasteiger partial charge in [-0.05, 0) is 22.0 Å². The maximum absolute atomic E-state index is 5.41. The zero-order chi connectivity index (χ0) is 5.98. The van der Waals surface area contributed by atoms with E-state index >= 15 is 0 Å². The average Bonchev–Trinajstić information content (AvgIpc) is 1.77. The first kappa shape index (κ1) is 12.7. The molecule has 0 saturated carbocycles. The van der Waals surface area contributed by atoms with E-state index in [4.69, 9.17) is 5.73 Å². The zero-order valence-corrected chi connectivity index (χ0v) is 8.17. The normalized spacial score (nSPS) is 7.30. The van der Waals surface area contributed by atoms with Gasteiger partial charge < -0.3 is 5.73 Å². The first-order valence-electron chi connectivity index (χ1n) is 2.15. The maximum atomic E-state index is 5.41. The fraction of sp³-hybridized carbons (Fsp3) is 0. The van der Waals surface area contributed by atoms with Gasteiger partial charge >= 0.3 is 0 Å². The predicted molar refractivity (Wildman–Crippen MR) is 50.8 cm³/mol. The van der Waals surface area contributed by atoms with Gasteiger partial charge in [-0.1, -0.05) is 0 Å². The van der Waals surface area contributed by atoms with Crippen LogP contribution < -0.4 is 5.73 Å². The molecule has 0 aliphatic rings. The highest BCUT2D eigenvalue weighted by Gasteiger charge is 1.87. The van der Waals surface area contributed by atoms with Crippen LogP contribution in [0.25, 0.3) is 0 Å². The highest BCUT2D eigenvalue weighted by molar-refractivity contribution is 9.10. The first-order chi connectivity index (χ1) is 3.80.